The minimum atomic E-state index is -0.371. The zero-order chi connectivity index (χ0) is 16.7. The Morgan fingerprint density at radius 2 is 1.91 bits per heavy atom. The number of likely N-dealkylation sites (N-methyl/N-ethyl adjacent to an activating group) is 1. The highest BCUT2D eigenvalue weighted by Gasteiger charge is 2.10. The highest BCUT2D eigenvalue weighted by Crippen LogP contribution is 2.29. The normalized spacial score (nSPS) is 10.6. The smallest absolute Gasteiger partial charge is 0.322 e. The van der Waals surface area contributed by atoms with Gasteiger partial charge in [0.2, 0.25) is 0 Å². The molecule has 0 N–H and O–H groups in total. The van der Waals surface area contributed by atoms with Gasteiger partial charge < -0.3 is 9.47 Å². The standard InChI is InChI=1S/C17H18ClNO4/c1-19(11-17(20)21-2)22-12-13-8-9-14(18)10-16(13)23-15-6-4-3-5-7-15/h3-10H,11-12H2,1-2H3. The molecular formula is C17H18ClNO4. The maximum absolute atomic E-state index is 11.2. The van der Waals surface area contributed by atoms with E-state index in [9.17, 15) is 4.79 Å². The summed E-state index contributed by atoms with van der Waals surface area (Å²) in [5.41, 5.74) is 0.815. The molecule has 2 rings (SSSR count). The van der Waals surface area contributed by atoms with Gasteiger partial charge in [0.05, 0.1) is 13.7 Å². The van der Waals surface area contributed by atoms with Crippen molar-refractivity contribution in [1.29, 1.82) is 0 Å². The number of hydrogen-bond donors (Lipinski definition) is 0. The van der Waals surface area contributed by atoms with Crippen molar-refractivity contribution in [1.82, 2.24) is 5.06 Å². The molecule has 0 aliphatic heterocycles. The molecule has 0 saturated heterocycles. The fraction of sp³-hybridized carbons (Fsp3) is 0.235. The lowest BCUT2D eigenvalue weighted by atomic mass is 10.2. The van der Waals surface area contributed by atoms with Crippen molar-refractivity contribution in [2.75, 3.05) is 20.7 Å². The number of carbonyl (C=O) groups excluding carboxylic acids is 1. The van der Waals surface area contributed by atoms with Gasteiger partial charge in [-0.3, -0.25) is 9.63 Å². The number of esters is 1. The largest absolute Gasteiger partial charge is 0.468 e. The van der Waals surface area contributed by atoms with Gasteiger partial charge in [0.15, 0.2) is 0 Å². The van der Waals surface area contributed by atoms with Crippen LogP contribution in [0.3, 0.4) is 0 Å². The summed E-state index contributed by atoms with van der Waals surface area (Å²) in [6.45, 7) is 0.284. The van der Waals surface area contributed by atoms with E-state index in [-0.39, 0.29) is 19.1 Å². The summed E-state index contributed by atoms with van der Waals surface area (Å²) >= 11 is 6.04. The van der Waals surface area contributed by atoms with Crippen molar-refractivity contribution >= 4 is 17.6 Å². The van der Waals surface area contributed by atoms with Crippen LogP contribution < -0.4 is 4.74 Å². The first-order chi connectivity index (χ1) is 11.1. The average molecular weight is 336 g/mol. The van der Waals surface area contributed by atoms with Gasteiger partial charge in [-0.1, -0.05) is 35.9 Å². The highest BCUT2D eigenvalue weighted by atomic mass is 35.5. The number of para-hydroxylation sites is 1. The fourth-order valence-electron chi connectivity index (χ4n) is 1.83. The Morgan fingerprint density at radius 1 is 1.17 bits per heavy atom. The first-order valence-electron chi connectivity index (χ1n) is 7.00. The van der Waals surface area contributed by atoms with E-state index < -0.39 is 0 Å². The van der Waals surface area contributed by atoms with Crippen LogP contribution in [-0.2, 0) is 21.0 Å². The van der Waals surface area contributed by atoms with Gasteiger partial charge >= 0.3 is 5.97 Å². The number of methoxy groups -OCH3 is 1. The zero-order valence-electron chi connectivity index (χ0n) is 13.0. The van der Waals surface area contributed by atoms with Crippen molar-refractivity contribution in [2.45, 2.75) is 6.61 Å². The minimum Gasteiger partial charge on any atom is -0.468 e. The molecule has 0 aromatic heterocycles. The van der Waals surface area contributed by atoms with Crippen LogP contribution in [0.2, 0.25) is 5.02 Å². The lowest BCUT2D eigenvalue weighted by Gasteiger charge is -2.17. The van der Waals surface area contributed by atoms with E-state index in [0.29, 0.717) is 16.5 Å². The number of rotatable bonds is 7. The van der Waals surface area contributed by atoms with Crippen molar-refractivity contribution in [3.63, 3.8) is 0 Å². The molecule has 23 heavy (non-hydrogen) atoms. The molecule has 122 valence electrons. The average Bonchev–Trinajstić information content (AvgIpc) is 2.55. The molecule has 0 heterocycles. The second kappa shape index (κ2) is 8.53. The van der Waals surface area contributed by atoms with Gasteiger partial charge in [0.1, 0.15) is 18.0 Å². The summed E-state index contributed by atoms with van der Waals surface area (Å²) < 4.78 is 10.4. The van der Waals surface area contributed by atoms with E-state index in [0.717, 1.165) is 5.56 Å². The Balaban J connectivity index is 2.05. The third-order valence-electron chi connectivity index (χ3n) is 3.02. The molecule has 0 radical (unpaired) electrons. The van der Waals surface area contributed by atoms with E-state index in [1.165, 1.54) is 12.2 Å². The molecular weight excluding hydrogens is 318 g/mol. The maximum Gasteiger partial charge on any atom is 0.322 e. The number of hydrogen-bond acceptors (Lipinski definition) is 5. The van der Waals surface area contributed by atoms with Crippen LogP contribution in [0.1, 0.15) is 5.56 Å². The second-order valence-corrected chi connectivity index (χ2v) is 5.24. The fourth-order valence-corrected chi connectivity index (χ4v) is 1.99. The Hall–Kier alpha value is -2.08. The van der Waals surface area contributed by atoms with Crippen molar-refractivity contribution < 1.29 is 19.1 Å². The number of halogens is 1. The minimum absolute atomic E-state index is 0.0406. The molecule has 0 spiro atoms. The van der Waals surface area contributed by atoms with E-state index in [1.54, 1.807) is 19.2 Å². The lowest BCUT2D eigenvalue weighted by molar-refractivity contribution is -0.173. The molecule has 0 aliphatic rings. The molecule has 0 amide bonds. The third kappa shape index (κ3) is 5.56. The summed E-state index contributed by atoms with van der Waals surface area (Å²) in [7, 11) is 2.99. The summed E-state index contributed by atoms with van der Waals surface area (Å²) in [4.78, 5) is 16.7. The third-order valence-corrected chi connectivity index (χ3v) is 3.26. The van der Waals surface area contributed by atoms with Crippen LogP contribution in [0, 0.1) is 0 Å². The van der Waals surface area contributed by atoms with Gasteiger partial charge in [-0.15, -0.1) is 0 Å². The van der Waals surface area contributed by atoms with Crippen LogP contribution in [-0.4, -0.2) is 31.7 Å². The van der Waals surface area contributed by atoms with Gasteiger partial charge in [0.25, 0.3) is 0 Å². The molecule has 6 heteroatoms. The molecule has 0 aliphatic carbocycles. The van der Waals surface area contributed by atoms with Crippen LogP contribution >= 0.6 is 11.6 Å². The predicted octanol–water partition coefficient (Wildman–Crippen LogP) is 3.67. The van der Waals surface area contributed by atoms with Crippen LogP contribution in [0.25, 0.3) is 0 Å². The molecule has 0 unspecified atom stereocenters. The summed E-state index contributed by atoms with van der Waals surface area (Å²) in [5, 5.41) is 1.98. The number of ether oxygens (including phenoxy) is 2. The lowest BCUT2D eigenvalue weighted by Crippen LogP contribution is -2.26. The van der Waals surface area contributed by atoms with E-state index in [2.05, 4.69) is 4.74 Å². The summed E-state index contributed by atoms with van der Waals surface area (Å²) in [6.07, 6.45) is 0. The summed E-state index contributed by atoms with van der Waals surface area (Å²) in [5.74, 6) is 0.943. The Kier molecular flexibility index (Phi) is 6.40. The maximum atomic E-state index is 11.2. The van der Waals surface area contributed by atoms with E-state index >= 15 is 0 Å². The predicted molar refractivity (Wildman–Crippen MR) is 87.4 cm³/mol. The van der Waals surface area contributed by atoms with Crippen molar-refractivity contribution in [3.8, 4) is 11.5 Å². The number of carbonyl (C=O) groups is 1. The first-order valence-corrected chi connectivity index (χ1v) is 7.38. The first kappa shape index (κ1) is 17.3. The van der Waals surface area contributed by atoms with Crippen LogP contribution in [0.4, 0.5) is 0 Å². The van der Waals surface area contributed by atoms with Crippen LogP contribution in [0.15, 0.2) is 48.5 Å². The Labute approximate surface area is 140 Å². The molecule has 0 fully saturated rings. The molecule has 5 nitrogen and oxygen atoms in total. The van der Waals surface area contributed by atoms with Gasteiger partial charge in [0, 0.05) is 17.6 Å². The molecule has 0 atom stereocenters. The molecule has 0 bridgehead atoms. The zero-order valence-corrected chi connectivity index (χ0v) is 13.7. The molecule has 0 saturated carbocycles. The Bertz CT molecular complexity index is 648. The summed E-state index contributed by atoms with van der Waals surface area (Å²) in [6, 6.07) is 14.7. The van der Waals surface area contributed by atoms with Gasteiger partial charge in [-0.25, -0.2) is 0 Å². The number of hydroxylamine groups is 2. The molecule has 2 aromatic rings. The van der Waals surface area contributed by atoms with E-state index in [4.69, 9.17) is 21.2 Å². The monoisotopic (exact) mass is 335 g/mol. The van der Waals surface area contributed by atoms with Crippen molar-refractivity contribution in [2.24, 2.45) is 0 Å². The quantitative estimate of drug-likeness (QED) is 0.570. The van der Waals surface area contributed by atoms with Gasteiger partial charge in [-0.05, 0) is 24.3 Å². The molecule has 2 aromatic carbocycles. The Morgan fingerprint density at radius 3 is 2.61 bits per heavy atom. The highest BCUT2D eigenvalue weighted by molar-refractivity contribution is 6.30. The van der Waals surface area contributed by atoms with Gasteiger partial charge in [-0.2, -0.15) is 5.06 Å². The van der Waals surface area contributed by atoms with Crippen molar-refractivity contribution in [3.05, 3.63) is 59.1 Å². The second-order valence-electron chi connectivity index (χ2n) is 4.80. The number of nitrogens with zero attached hydrogens (tertiary/aromatic N) is 1. The van der Waals surface area contributed by atoms with E-state index in [1.807, 2.05) is 36.4 Å². The number of benzene rings is 2. The topological polar surface area (TPSA) is 48.0 Å². The SMILES string of the molecule is COC(=O)CN(C)OCc1ccc(Cl)cc1Oc1ccccc1. The van der Waals surface area contributed by atoms with Crippen LogP contribution in [0.5, 0.6) is 11.5 Å².